The Morgan fingerprint density at radius 1 is 1.54 bits per heavy atom. The quantitative estimate of drug-likeness (QED) is 0.569. The molecule has 0 atom stereocenters. The summed E-state index contributed by atoms with van der Waals surface area (Å²) in [6.45, 7) is 0. The van der Waals surface area contributed by atoms with Crippen LogP contribution in [-0.4, -0.2) is 16.0 Å². The SMILES string of the molecule is O=C(c1ccsc1C(O)O)C1CC1. The van der Waals surface area contributed by atoms with Crippen LogP contribution < -0.4 is 0 Å². The van der Waals surface area contributed by atoms with Crippen LogP contribution in [0.2, 0.25) is 0 Å². The third-order valence-corrected chi connectivity index (χ3v) is 3.10. The van der Waals surface area contributed by atoms with Gasteiger partial charge in [-0.15, -0.1) is 11.3 Å². The van der Waals surface area contributed by atoms with Crippen molar-refractivity contribution in [3.63, 3.8) is 0 Å². The Morgan fingerprint density at radius 2 is 2.23 bits per heavy atom. The lowest BCUT2D eigenvalue weighted by Crippen LogP contribution is -2.05. The summed E-state index contributed by atoms with van der Waals surface area (Å²) in [4.78, 5) is 11.9. The third kappa shape index (κ3) is 1.65. The number of hydrogen-bond donors (Lipinski definition) is 2. The normalized spacial score (nSPS) is 16.5. The van der Waals surface area contributed by atoms with E-state index in [9.17, 15) is 4.79 Å². The minimum atomic E-state index is -1.52. The Morgan fingerprint density at radius 3 is 2.77 bits per heavy atom. The summed E-state index contributed by atoms with van der Waals surface area (Å²) in [5.41, 5.74) is 0.488. The van der Waals surface area contributed by atoms with Crippen molar-refractivity contribution in [3.8, 4) is 0 Å². The third-order valence-electron chi connectivity index (χ3n) is 2.14. The zero-order chi connectivity index (χ0) is 9.42. The fraction of sp³-hybridized carbons (Fsp3) is 0.444. The minimum absolute atomic E-state index is 0.0596. The number of aliphatic hydroxyl groups excluding tert-OH is 1. The molecule has 2 N–H and O–H groups in total. The standard InChI is InChI=1S/C9H10O3S/c10-7(5-1-2-5)6-3-4-13-8(6)9(11)12/h3-5,9,11-12H,1-2H2. The van der Waals surface area contributed by atoms with E-state index in [0.29, 0.717) is 10.4 Å². The van der Waals surface area contributed by atoms with Crippen LogP contribution in [0, 0.1) is 5.92 Å². The van der Waals surface area contributed by atoms with Crippen LogP contribution >= 0.6 is 11.3 Å². The zero-order valence-electron chi connectivity index (χ0n) is 6.93. The molecule has 13 heavy (non-hydrogen) atoms. The number of carbonyl (C=O) groups excluding carboxylic acids is 1. The molecular weight excluding hydrogens is 188 g/mol. The molecule has 4 heteroatoms. The van der Waals surface area contributed by atoms with Crippen LogP contribution in [0.5, 0.6) is 0 Å². The molecule has 2 rings (SSSR count). The molecule has 3 nitrogen and oxygen atoms in total. The van der Waals surface area contributed by atoms with Gasteiger partial charge in [0.25, 0.3) is 0 Å². The van der Waals surface area contributed by atoms with Crippen molar-refractivity contribution in [1.29, 1.82) is 0 Å². The Hall–Kier alpha value is -0.710. The first kappa shape index (κ1) is 8.87. The maximum Gasteiger partial charge on any atom is 0.188 e. The molecule has 0 amide bonds. The van der Waals surface area contributed by atoms with Gasteiger partial charge in [0.15, 0.2) is 12.1 Å². The van der Waals surface area contributed by atoms with Gasteiger partial charge in [-0.3, -0.25) is 4.79 Å². The van der Waals surface area contributed by atoms with E-state index < -0.39 is 6.29 Å². The average molecular weight is 198 g/mol. The monoisotopic (exact) mass is 198 g/mol. The number of Topliss-reactive ketones (excluding diaryl/α,β-unsaturated/α-hetero) is 1. The molecule has 70 valence electrons. The molecule has 0 bridgehead atoms. The van der Waals surface area contributed by atoms with Gasteiger partial charge in [-0.2, -0.15) is 0 Å². The van der Waals surface area contributed by atoms with Crippen LogP contribution in [0.4, 0.5) is 0 Å². The van der Waals surface area contributed by atoms with Gasteiger partial charge in [-0.1, -0.05) is 0 Å². The Labute approximate surface area is 79.6 Å². The van der Waals surface area contributed by atoms with E-state index in [1.807, 2.05) is 0 Å². The Kier molecular flexibility index (Phi) is 2.19. The molecule has 1 aliphatic carbocycles. The highest BCUT2D eigenvalue weighted by Gasteiger charge is 2.32. The fourth-order valence-corrected chi connectivity index (χ4v) is 2.06. The number of hydrogen-bond acceptors (Lipinski definition) is 4. The second-order valence-electron chi connectivity index (χ2n) is 3.21. The maximum atomic E-state index is 11.6. The summed E-state index contributed by atoms with van der Waals surface area (Å²) in [6, 6.07) is 1.67. The molecule has 0 spiro atoms. The Balaban J connectivity index is 2.27. The minimum Gasteiger partial charge on any atom is -0.364 e. The molecule has 0 radical (unpaired) electrons. The van der Waals surface area contributed by atoms with Crippen LogP contribution in [0.1, 0.15) is 34.4 Å². The Bertz CT molecular complexity index is 325. The van der Waals surface area contributed by atoms with Gasteiger partial charge in [0.2, 0.25) is 0 Å². The van der Waals surface area contributed by atoms with Gasteiger partial charge in [-0.25, -0.2) is 0 Å². The van der Waals surface area contributed by atoms with Gasteiger partial charge >= 0.3 is 0 Å². The second-order valence-corrected chi connectivity index (χ2v) is 4.16. The molecule has 1 aromatic heterocycles. The van der Waals surface area contributed by atoms with Crippen LogP contribution in [-0.2, 0) is 0 Å². The van der Waals surface area contributed by atoms with Crippen molar-refractivity contribution in [3.05, 3.63) is 21.9 Å². The van der Waals surface area contributed by atoms with Crippen LogP contribution in [0.3, 0.4) is 0 Å². The van der Waals surface area contributed by atoms with E-state index in [1.54, 1.807) is 11.4 Å². The lowest BCUT2D eigenvalue weighted by molar-refractivity contribution is -0.0399. The van der Waals surface area contributed by atoms with Gasteiger partial charge in [0.05, 0.1) is 4.88 Å². The highest BCUT2D eigenvalue weighted by atomic mass is 32.1. The molecule has 1 fully saturated rings. The van der Waals surface area contributed by atoms with E-state index in [-0.39, 0.29) is 11.7 Å². The largest absolute Gasteiger partial charge is 0.364 e. The van der Waals surface area contributed by atoms with Crippen molar-refractivity contribution >= 4 is 17.1 Å². The van der Waals surface area contributed by atoms with Crippen LogP contribution in [0.15, 0.2) is 11.4 Å². The summed E-state index contributed by atoms with van der Waals surface area (Å²) in [5, 5.41) is 19.6. The molecule has 0 saturated heterocycles. The fourth-order valence-electron chi connectivity index (χ4n) is 1.29. The first-order chi connectivity index (χ1) is 6.20. The summed E-state index contributed by atoms with van der Waals surface area (Å²) < 4.78 is 0. The number of ketones is 1. The van der Waals surface area contributed by atoms with Crippen LogP contribution in [0.25, 0.3) is 0 Å². The van der Waals surface area contributed by atoms with Gasteiger partial charge in [0, 0.05) is 11.5 Å². The summed E-state index contributed by atoms with van der Waals surface area (Å²) in [6.07, 6.45) is 0.364. The second kappa shape index (κ2) is 3.21. The van der Waals surface area contributed by atoms with Gasteiger partial charge < -0.3 is 10.2 Å². The maximum absolute atomic E-state index is 11.6. The van der Waals surface area contributed by atoms with E-state index in [2.05, 4.69) is 0 Å². The smallest absolute Gasteiger partial charge is 0.188 e. The molecule has 1 heterocycles. The lowest BCUT2D eigenvalue weighted by Gasteiger charge is -2.03. The van der Waals surface area contributed by atoms with Crippen molar-refractivity contribution < 1.29 is 15.0 Å². The molecule has 0 aromatic carbocycles. The number of thiophene rings is 1. The van der Waals surface area contributed by atoms with Gasteiger partial charge in [-0.05, 0) is 24.3 Å². The molecule has 0 unspecified atom stereocenters. The van der Waals surface area contributed by atoms with Gasteiger partial charge in [0.1, 0.15) is 0 Å². The predicted octanol–water partition coefficient (Wildman–Crippen LogP) is 1.32. The van der Waals surface area contributed by atoms with E-state index in [4.69, 9.17) is 10.2 Å². The summed E-state index contributed by atoms with van der Waals surface area (Å²) >= 11 is 1.21. The van der Waals surface area contributed by atoms with E-state index in [1.165, 1.54) is 11.3 Å². The zero-order valence-corrected chi connectivity index (χ0v) is 7.75. The van der Waals surface area contributed by atoms with Crippen molar-refractivity contribution in [2.45, 2.75) is 19.1 Å². The predicted molar refractivity (Wildman–Crippen MR) is 48.6 cm³/mol. The molecule has 1 aliphatic rings. The molecule has 1 aromatic rings. The highest BCUT2D eigenvalue weighted by Crippen LogP contribution is 2.35. The van der Waals surface area contributed by atoms with E-state index in [0.717, 1.165) is 12.8 Å². The number of aliphatic hydroxyl groups is 2. The van der Waals surface area contributed by atoms with Crippen molar-refractivity contribution in [2.75, 3.05) is 0 Å². The topological polar surface area (TPSA) is 57.5 Å². The number of rotatable bonds is 3. The first-order valence-electron chi connectivity index (χ1n) is 4.18. The highest BCUT2D eigenvalue weighted by molar-refractivity contribution is 7.10. The van der Waals surface area contributed by atoms with Crippen molar-refractivity contribution in [1.82, 2.24) is 0 Å². The lowest BCUT2D eigenvalue weighted by atomic mass is 10.1. The first-order valence-corrected chi connectivity index (χ1v) is 5.06. The van der Waals surface area contributed by atoms with E-state index >= 15 is 0 Å². The average Bonchev–Trinajstić information content (AvgIpc) is 2.80. The molecular formula is C9H10O3S. The van der Waals surface area contributed by atoms with Crippen molar-refractivity contribution in [2.24, 2.45) is 5.92 Å². The summed E-state index contributed by atoms with van der Waals surface area (Å²) in [5.74, 6) is 0.191. The molecule has 1 saturated carbocycles. The molecule has 0 aliphatic heterocycles. The summed E-state index contributed by atoms with van der Waals surface area (Å²) in [7, 11) is 0. The number of carbonyl (C=O) groups is 1.